The van der Waals surface area contributed by atoms with E-state index in [1.165, 1.54) is 16.7 Å². The number of benzene rings is 1. The first kappa shape index (κ1) is 17.5. The fraction of sp³-hybridized carbons (Fsp3) is 0.565. The molecule has 0 N–H and O–H groups in total. The number of esters is 1. The Balaban J connectivity index is 1.63. The van der Waals surface area contributed by atoms with E-state index in [1.807, 2.05) is 32.9 Å². The first-order valence-electron chi connectivity index (χ1n) is 9.79. The van der Waals surface area contributed by atoms with Crippen molar-refractivity contribution in [2.45, 2.75) is 59.8 Å². The third kappa shape index (κ3) is 2.64. The van der Waals surface area contributed by atoms with Gasteiger partial charge in [-0.25, -0.2) is 0 Å². The minimum Gasteiger partial charge on any atom is -0.426 e. The van der Waals surface area contributed by atoms with E-state index >= 15 is 0 Å². The number of ether oxygens (including phenoxy) is 1. The minimum absolute atomic E-state index is 0.145. The van der Waals surface area contributed by atoms with Crippen molar-refractivity contribution < 1.29 is 14.3 Å². The van der Waals surface area contributed by atoms with Gasteiger partial charge >= 0.3 is 5.97 Å². The summed E-state index contributed by atoms with van der Waals surface area (Å²) in [5.41, 5.74) is 3.31. The van der Waals surface area contributed by atoms with Crippen molar-refractivity contribution in [1.82, 2.24) is 0 Å². The number of Topliss-reactive ketones (excluding diaryl/α,β-unsaturated/α-hetero) is 1. The predicted octanol–water partition coefficient (Wildman–Crippen LogP) is 4.97. The third-order valence-electron chi connectivity index (χ3n) is 6.70. The number of fused-ring (bicyclic) bond motifs is 5. The summed E-state index contributed by atoms with van der Waals surface area (Å²) in [6, 6.07) is 6.06. The molecule has 0 aromatic heterocycles. The molecule has 3 atom stereocenters. The molecule has 3 aliphatic rings. The Kier molecular flexibility index (Phi) is 3.91. The van der Waals surface area contributed by atoms with Crippen molar-refractivity contribution >= 4 is 17.3 Å². The lowest BCUT2D eigenvalue weighted by Crippen LogP contribution is -2.38. The highest BCUT2D eigenvalue weighted by Gasteiger charge is 2.52. The Morgan fingerprint density at radius 1 is 1.19 bits per heavy atom. The van der Waals surface area contributed by atoms with Crippen molar-refractivity contribution in [2.75, 3.05) is 0 Å². The average Bonchev–Trinajstić information content (AvgIpc) is 2.89. The van der Waals surface area contributed by atoms with E-state index in [4.69, 9.17) is 4.74 Å². The zero-order valence-electron chi connectivity index (χ0n) is 16.2. The minimum atomic E-state index is -0.508. The van der Waals surface area contributed by atoms with Crippen LogP contribution in [0.2, 0.25) is 0 Å². The van der Waals surface area contributed by atoms with Crippen LogP contribution in [0.25, 0.3) is 5.57 Å². The molecule has 3 unspecified atom stereocenters. The third-order valence-corrected chi connectivity index (χ3v) is 6.70. The maximum absolute atomic E-state index is 12.4. The van der Waals surface area contributed by atoms with Crippen LogP contribution in [0.4, 0.5) is 0 Å². The second kappa shape index (κ2) is 5.80. The molecule has 0 amide bonds. The Morgan fingerprint density at radius 3 is 2.69 bits per heavy atom. The topological polar surface area (TPSA) is 43.4 Å². The van der Waals surface area contributed by atoms with Crippen LogP contribution in [0.3, 0.4) is 0 Å². The molecule has 1 fully saturated rings. The van der Waals surface area contributed by atoms with Crippen molar-refractivity contribution in [2.24, 2.45) is 22.7 Å². The number of carbonyl (C=O) groups is 2. The van der Waals surface area contributed by atoms with Crippen LogP contribution < -0.4 is 4.74 Å². The molecular weight excluding hydrogens is 324 g/mol. The van der Waals surface area contributed by atoms with Crippen LogP contribution in [0.15, 0.2) is 24.3 Å². The molecule has 3 heteroatoms. The highest BCUT2D eigenvalue weighted by atomic mass is 16.5. The Labute approximate surface area is 155 Å². The quantitative estimate of drug-likeness (QED) is 0.529. The second-order valence-corrected chi connectivity index (χ2v) is 9.45. The van der Waals surface area contributed by atoms with Crippen molar-refractivity contribution in [3.63, 3.8) is 0 Å². The van der Waals surface area contributed by atoms with E-state index in [1.54, 1.807) is 0 Å². The van der Waals surface area contributed by atoms with Gasteiger partial charge in [0, 0.05) is 11.8 Å². The molecule has 4 rings (SSSR count). The molecule has 0 spiro atoms. The lowest BCUT2D eigenvalue weighted by atomic mass is 9.60. The fourth-order valence-corrected chi connectivity index (χ4v) is 5.06. The zero-order chi connectivity index (χ0) is 18.7. The molecular formula is C23H28O3. The highest BCUT2D eigenvalue weighted by Crippen LogP contribution is 2.57. The van der Waals surface area contributed by atoms with Gasteiger partial charge in [0.2, 0.25) is 0 Å². The molecule has 0 bridgehead atoms. The summed E-state index contributed by atoms with van der Waals surface area (Å²) in [5.74, 6) is 1.87. The molecule has 0 radical (unpaired) electrons. The van der Waals surface area contributed by atoms with Crippen LogP contribution in [-0.2, 0) is 16.0 Å². The normalized spacial score (nSPS) is 30.2. The van der Waals surface area contributed by atoms with E-state index in [2.05, 4.69) is 19.1 Å². The van der Waals surface area contributed by atoms with Crippen LogP contribution >= 0.6 is 0 Å². The standard InChI is InChI=1S/C23H28O3/c1-22(2,3)21(25)26-15-6-8-16-14(13-15)5-7-18-17(16)11-12-23(4)19(18)9-10-20(23)24/h6,8,11,13,18-19H,5,7,9-10,12H2,1-4H3. The van der Waals surface area contributed by atoms with Gasteiger partial charge in [0.25, 0.3) is 0 Å². The predicted molar refractivity (Wildman–Crippen MR) is 102 cm³/mol. The first-order chi connectivity index (χ1) is 12.2. The Bertz CT molecular complexity index is 811. The van der Waals surface area contributed by atoms with Gasteiger partial charge < -0.3 is 4.74 Å². The smallest absolute Gasteiger partial charge is 0.316 e. The molecule has 3 nitrogen and oxygen atoms in total. The molecule has 1 aromatic carbocycles. The van der Waals surface area contributed by atoms with Crippen molar-refractivity contribution in [1.29, 1.82) is 0 Å². The summed E-state index contributed by atoms with van der Waals surface area (Å²) in [4.78, 5) is 24.6. The Morgan fingerprint density at radius 2 is 1.96 bits per heavy atom. The van der Waals surface area contributed by atoms with Crippen LogP contribution in [-0.4, -0.2) is 11.8 Å². The molecule has 1 aromatic rings. The highest BCUT2D eigenvalue weighted by molar-refractivity contribution is 5.89. The van der Waals surface area contributed by atoms with Gasteiger partial charge in [-0.15, -0.1) is 0 Å². The molecule has 1 saturated carbocycles. The summed E-state index contributed by atoms with van der Waals surface area (Å²) in [6.07, 6.45) is 7.02. The van der Waals surface area contributed by atoms with Gasteiger partial charge in [0.05, 0.1) is 5.41 Å². The number of carbonyl (C=O) groups excluding carboxylic acids is 2. The van der Waals surface area contributed by atoms with Gasteiger partial charge in [0.15, 0.2) is 0 Å². The molecule has 138 valence electrons. The van der Waals surface area contributed by atoms with Crippen LogP contribution in [0.1, 0.15) is 64.5 Å². The van der Waals surface area contributed by atoms with Gasteiger partial charge in [0.1, 0.15) is 11.5 Å². The number of hydrogen-bond acceptors (Lipinski definition) is 3. The SMILES string of the molecule is CC(C)(C)C(=O)Oc1ccc2c(c1)CCC1C2=CCC2(C)C(=O)CCC12. The van der Waals surface area contributed by atoms with E-state index in [9.17, 15) is 9.59 Å². The van der Waals surface area contributed by atoms with Gasteiger partial charge in [-0.1, -0.05) is 19.1 Å². The largest absolute Gasteiger partial charge is 0.426 e. The average molecular weight is 352 g/mol. The van der Waals surface area contributed by atoms with E-state index in [-0.39, 0.29) is 11.4 Å². The number of allylic oxidation sites excluding steroid dienone is 2. The van der Waals surface area contributed by atoms with Gasteiger partial charge in [-0.2, -0.15) is 0 Å². The summed E-state index contributed by atoms with van der Waals surface area (Å²) in [6.45, 7) is 7.77. The van der Waals surface area contributed by atoms with Crippen molar-refractivity contribution in [3.05, 3.63) is 35.4 Å². The maximum Gasteiger partial charge on any atom is 0.316 e. The summed E-state index contributed by atoms with van der Waals surface area (Å²) >= 11 is 0. The second-order valence-electron chi connectivity index (χ2n) is 9.45. The number of ketones is 1. The van der Waals surface area contributed by atoms with Crippen LogP contribution in [0.5, 0.6) is 5.75 Å². The summed E-state index contributed by atoms with van der Waals surface area (Å²) < 4.78 is 5.58. The van der Waals surface area contributed by atoms with Crippen molar-refractivity contribution in [3.8, 4) is 5.75 Å². The monoisotopic (exact) mass is 352 g/mol. The number of hydrogen-bond donors (Lipinski definition) is 0. The summed E-state index contributed by atoms with van der Waals surface area (Å²) in [5, 5.41) is 0. The molecule has 0 heterocycles. The zero-order valence-corrected chi connectivity index (χ0v) is 16.2. The number of rotatable bonds is 1. The molecule has 3 aliphatic carbocycles. The molecule has 0 saturated heterocycles. The van der Waals surface area contributed by atoms with Crippen LogP contribution in [0, 0.1) is 22.7 Å². The van der Waals surface area contributed by atoms with E-state index in [0.29, 0.717) is 23.4 Å². The fourth-order valence-electron chi connectivity index (χ4n) is 5.06. The van der Waals surface area contributed by atoms with E-state index < -0.39 is 5.41 Å². The molecule has 0 aliphatic heterocycles. The molecule has 26 heavy (non-hydrogen) atoms. The van der Waals surface area contributed by atoms with Gasteiger partial charge in [-0.05, 0) is 87.1 Å². The van der Waals surface area contributed by atoms with Gasteiger partial charge in [-0.3, -0.25) is 9.59 Å². The Hall–Kier alpha value is -1.90. The summed E-state index contributed by atoms with van der Waals surface area (Å²) in [7, 11) is 0. The lowest BCUT2D eigenvalue weighted by Gasteiger charge is -2.43. The number of aryl methyl sites for hydroxylation is 1. The lowest BCUT2D eigenvalue weighted by molar-refractivity contribution is -0.143. The first-order valence-corrected chi connectivity index (χ1v) is 9.79. The maximum atomic E-state index is 12.4. The van der Waals surface area contributed by atoms with E-state index in [0.717, 1.165) is 32.1 Å².